The van der Waals surface area contributed by atoms with E-state index in [4.69, 9.17) is 36.9 Å². The number of carbonyl (C=O) groups excluding carboxylic acids is 2. The highest BCUT2D eigenvalue weighted by atomic mass is 35.5. The Morgan fingerprint density at radius 1 is 0.850 bits per heavy atom. The van der Waals surface area contributed by atoms with Crippen molar-refractivity contribution in [2.45, 2.75) is 64.2 Å². The van der Waals surface area contributed by atoms with Crippen LogP contribution in [-0.2, 0) is 24.4 Å². The molecule has 2 aromatic carbocycles. The van der Waals surface area contributed by atoms with Crippen LogP contribution >= 0.6 is 23.2 Å². The van der Waals surface area contributed by atoms with Crippen molar-refractivity contribution in [3.63, 3.8) is 0 Å². The summed E-state index contributed by atoms with van der Waals surface area (Å²) < 4.78 is 43.3. The Bertz CT molecular complexity index is 1550. The summed E-state index contributed by atoms with van der Waals surface area (Å²) in [7, 11) is -2.91. The molecular weight excluding hydrogens is 575 g/mol. The van der Waals surface area contributed by atoms with Crippen LogP contribution in [0.2, 0.25) is 10.0 Å². The van der Waals surface area contributed by atoms with Gasteiger partial charge in [-0.3, -0.25) is 9.59 Å². The van der Waals surface area contributed by atoms with E-state index in [2.05, 4.69) is 0 Å². The fraction of sp³-hybridized carbons (Fsp3) is 0.400. The van der Waals surface area contributed by atoms with Crippen molar-refractivity contribution in [3.8, 4) is 11.5 Å². The van der Waals surface area contributed by atoms with E-state index in [1.165, 1.54) is 37.4 Å². The summed E-state index contributed by atoms with van der Waals surface area (Å²) in [6.45, 7) is 8.06. The molecule has 0 radical (unpaired) electrons. The fourth-order valence-corrected chi connectivity index (χ4v) is 7.14. The van der Waals surface area contributed by atoms with Gasteiger partial charge in [-0.1, -0.05) is 50.9 Å². The molecule has 3 aliphatic rings. The second kappa shape index (κ2) is 9.93. The second-order valence-electron chi connectivity index (χ2n) is 12.1. The minimum absolute atomic E-state index is 0.0445. The molecule has 0 amide bonds. The minimum Gasteiger partial charge on any atom is -0.493 e. The molecule has 0 aromatic heterocycles. The molecule has 1 heterocycles. The summed E-state index contributed by atoms with van der Waals surface area (Å²) in [4.78, 5) is 27.0. The lowest BCUT2D eigenvalue weighted by molar-refractivity contribution is -0.120. The number of hydrogen-bond donors (Lipinski definition) is 0. The van der Waals surface area contributed by atoms with Crippen molar-refractivity contribution in [1.82, 2.24) is 0 Å². The summed E-state index contributed by atoms with van der Waals surface area (Å²) in [5.41, 5.74) is 0.798. The number of ketones is 2. The van der Waals surface area contributed by atoms with Crippen molar-refractivity contribution in [1.29, 1.82) is 0 Å². The zero-order valence-corrected chi connectivity index (χ0v) is 25.2. The summed E-state index contributed by atoms with van der Waals surface area (Å²) in [6, 6.07) is 8.62. The van der Waals surface area contributed by atoms with Gasteiger partial charge in [0.05, 0.1) is 12.1 Å². The van der Waals surface area contributed by atoms with Crippen LogP contribution in [0.15, 0.2) is 64.0 Å². The molecule has 0 fully saturated rings. The number of ether oxygens (including phenoxy) is 2. The van der Waals surface area contributed by atoms with Gasteiger partial charge in [0, 0.05) is 47.8 Å². The molecule has 2 aliphatic carbocycles. The summed E-state index contributed by atoms with van der Waals surface area (Å²) in [6.07, 6.45) is 1.70. The highest BCUT2D eigenvalue weighted by molar-refractivity contribution is 7.87. The van der Waals surface area contributed by atoms with Gasteiger partial charge in [0.2, 0.25) is 5.75 Å². The summed E-state index contributed by atoms with van der Waals surface area (Å²) in [5.74, 6) is 0.0580. The normalized spacial score (nSPS) is 20.6. The number of allylic oxidation sites excluding steroid dienone is 4. The van der Waals surface area contributed by atoms with E-state index in [1.54, 1.807) is 6.07 Å². The van der Waals surface area contributed by atoms with Gasteiger partial charge in [-0.2, -0.15) is 8.42 Å². The Kier molecular flexibility index (Phi) is 7.12. The van der Waals surface area contributed by atoms with Crippen LogP contribution in [0.5, 0.6) is 11.5 Å². The van der Waals surface area contributed by atoms with E-state index in [0.29, 0.717) is 58.9 Å². The molecule has 0 bridgehead atoms. The van der Waals surface area contributed by atoms with Gasteiger partial charge in [0.25, 0.3) is 0 Å². The Labute approximate surface area is 244 Å². The summed E-state index contributed by atoms with van der Waals surface area (Å²) >= 11 is 12.5. The molecule has 40 heavy (non-hydrogen) atoms. The molecule has 0 spiro atoms. The van der Waals surface area contributed by atoms with E-state index < -0.39 is 16.0 Å². The topological polar surface area (TPSA) is 96.0 Å². The Balaban J connectivity index is 1.64. The molecule has 0 N–H and O–H groups in total. The maximum atomic E-state index is 13.6. The number of methoxy groups -OCH3 is 1. The van der Waals surface area contributed by atoms with Gasteiger partial charge in [0.1, 0.15) is 16.4 Å². The zero-order valence-electron chi connectivity index (χ0n) is 22.9. The first-order valence-electron chi connectivity index (χ1n) is 12.9. The largest absolute Gasteiger partial charge is 0.493 e. The minimum atomic E-state index is -4.27. The van der Waals surface area contributed by atoms with Crippen LogP contribution in [0.1, 0.15) is 64.9 Å². The molecule has 0 saturated heterocycles. The first-order chi connectivity index (χ1) is 18.6. The SMILES string of the molecule is COc1cc(C2C3=C(CC(C)(C)CC3=O)OC3=C2C(=O)CC(C)(C)C3)cc(Cl)c1OS(=O)(=O)c1ccc(Cl)cc1. The Morgan fingerprint density at radius 2 is 1.38 bits per heavy atom. The molecule has 0 saturated carbocycles. The highest BCUT2D eigenvalue weighted by Gasteiger charge is 2.48. The second-order valence-corrected chi connectivity index (χ2v) is 14.5. The molecule has 0 unspecified atom stereocenters. The number of rotatable bonds is 5. The van der Waals surface area contributed by atoms with Gasteiger partial charge < -0.3 is 13.7 Å². The standard InChI is InChI=1S/C30H30Cl2O7S/c1-29(2)12-20(33)26-23(14-29)38-24-15-30(3,4)13-21(34)27(24)25(26)16-10-19(32)28(22(11-16)37-5)39-40(35,36)18-8-6-17(31)7-9-18/h6-11,25H,12-15H2,1-5H3. The van der Waals surface area contributed by atoms with Crippen molar-refractivity contribution in [2.75, 3.05) is 7.11 Å². The third-order valence-corrected chi connectivity index (χ3v) is 9.23. The van der Waals surface area contributed by atoms with Gasteiger partial charge in [0.15, 0.2) is 17.3 Å². The Hall–Kier alpha value is -2.81. The predicted octanol–water partition coefficient (Wildman–Crippen LogP) is 7.17. The predicted molar refractivity (Wildman–Crippen MR) is 151 cm³/mol. The van der Waals surface area contributed by atoms with Crippen molar-refractivity contribution in [3.05, 3.63) is 74.7 Å². The molecule has 10 heteroatoms. The average Bonchev–Trinajstić information content (AvgIpc) is 2.82. The molecular formula is C30H30Cl2O7S. The Morgan fingerprint density at radius 3 is 1.88 bits per heavy atom. The first-order valence-corrected chi connectivity index (χ1v) is 15.0. The third kappa shape index (κ3) is 5.29. The first kappa shape index (κ1) is 28.7. The maximum absolute atomic E-state index is 13.6. The highest BCUT2D eigenvalue weighted by Crippen LogP contribution is 2.54. The van der Waals surface area contributed by atoms with Gasteiger partial charge in [-0.15, -0.1) is 0 Å². The lowest BCUT2D eigenvalue weighted by Gasteiger charge is -2.42. The number of carbonyl (C=O) groups is 2. The fourth-order valence-electron chi connectivity index (χ4n) is 5.75. The van der Waals surface area contributed by atoms with E-state index in [9.17, 15) is 18.0 Å². The molecule has 212 valence electrons. The smallest absolute Gasteiger partial charge is 0.339 e. The lowest BCUT2D eigenvalue weighted by Crippen LogP contribution is -2.37. The van der Waals surface area contributed by atoms with Crippen LogP contribution in [0.4, 0.5) is 0 Å². The van der Waals surface area contributed by atoms with E-state index in [0.717, 1.165) is 0 Å². The third-order valence-electron chi connectivity index (χ3n) is 7.46. The van der Waals surface area contributed by atoms with Crippen LogP contribution in [0.25, 0.3) is 0 Å². The average molecular weight is 606 g/mol. The van der Waals surface area contributed by atoms with Crippen molar-refractivity contribution >= 4 is 44.9 Å². The number of hydrogen-bond acceptors (Lipinski definition) is 7. The number of benzene rings is 2. The quantitative estimate of drug-likeness (QED) is 0.334. The van der Waals surface area contributed by atoms with Crippen LogP contribution in [-0.4, -0.2) is 27.1 Å². The van der Waals surface area contributed by atoms with Crippen LogP contribution < -0.4 is 8.92 Å². The molecule has 7 nitrogen and oxygen atoms in total. The van der Waals surface area contributed by atoms with E-state index >= 15 is 0 Å². The molecule has 0 atom stereocenters. The zero-order chi connectivity index (χ0) is 29.2. The van der Waals surface area contributed by atoms with Crippen LogP contribution in [0, 0.1) is 10.8 Å². The molecule has 2 aromatic rings. The maximum Gasteiger partial charge on any atom is 0.339 e. The van der Waals surface area contributed by atoms with Crippen molar-refractivity contribution < 1.29 is 31.7 Å². The summed E-state index contributed by atoms with van der Waals surface area (Å²) in [5, 5.41) is 0.328. The number of Topliss-reactive ketones (excluding diaryl/α,β-unsaturated/α-hetero) is 2. The van der Waals surface area contributed by atoms with Crippen molar-refractivity contribution in [2.24, 2.45) is 10.8 Å². The van der Waals surface area contributed by atoms with E-state index in [-0.39, 0.29) is 43.8 Å². The van der Waals surface area contributed by atoms with Gasteiger partial charge in [-0.25, -0.2) is 0 Å². The molecule has 5 rings (SSSR count). The van der Waals surface area contributed by atoms with Gasteiger partial charge >= 0.3 is 10.1 Å². The van der Waals surface area contributed by atoms with Gasteiger partial charge in [-0.05, 0) is 52.8 Å². The van der Waals surface area contributed by atoms with E-state index in [1.807, 2.05) is 27.7 Å². The van der Waals surface area contributed by atoms with Crippen LogP contribution in [0.3, 0.4) is 0 Å². The monoisotopic (exact) mass is 604 g/mol. The lowest BCUT2D eigenvalue weighted by atomic mass is 9.65. The molecule has 1 aliphatic heterocycles. The number of halogens is 2.